The van der Waals surface area contributed by atoms with Crippen molar-refractivity contribution in [1.29, 1.82) is 0 Å². The highest BCUT2D eigenvalue weighted by molar-refractivity contribution is 5.84. The second-order valence-electron chi connectivity index (χ2n) is 3.89. The smallest absolute Gasteiger partial charge is 0.321 e. The second-order valence-corrected chi connectivity index (χ2v) is 3.89. The van der Waals surface area contributed by atoms with Gasteiger partial charge in [0.2, 0.25) is 0 Å². The van der Waals surface area contributed by atoms with Crippen molar-refractivity contribution < 1.29 is 39.6 Å². The highest BCUT2D eigenvalue weighted by Gasteiger charge is 2.29. The summed E-state index contributed by atoms with van der Waals surface area (Å²) in [6, 6.07) is -3.32. The molecule has 1 saturated heterocycles. The molecule has 0 aliphatic carbocycles. The zero-order valence-corrected chi connectivity index (χ0v) is 10.4. The molecule has 1 aliphatic heterocycles. The first-order valence-corrected chi connectivity index (χ1v) is 5.60. The summed E-state index contributed by atoms with van der Waals surface area (Å²) in [4.78, 5) is 41.9. The van der Waals surface area contributed by atoms with Gasteiger partial charge in [0, 0.05) is 13.1 Å². The largest absolute Gasteiger partial charge is 0.481 e. The Morgan fingerprint density at radius 1 is 0.850 bits per heavy atom. The topological polar surface area (TPSA) is 183 Å². The Morgan fingerprint density at radius 2 is 1.15 bits per heavy atom. The van der Waals surface area contributed by atoms with Crippen LogP contribution in [-0.4, -0.2) is 69.5 Å². The molecule has 0 amide bonds. The lowest BCUT2D eigenvalue weighted by molar-refractivity contribution is -0.150. The van der Waals surface area contributed by atoms with E-state index in [1.54, 1.807) is 0 Å². The average molecular weight is 292 g/mol. The Bertz CT molecular complexity index is 347. The van der Waals surface area contributed by atoms with Gasteiger partial charge in [-0.3, -0.25) is 24.5 Å². The van der Waals surface area contributed by atoms with Crippen LogP contribution in [0.2, 0.25) is 0 Å². The number of hydrogen-bond donors (Lipinski definition) is 6. The van der Waals surface area contributed by atoms with Crippen LogP contribution in [-0.2, 0) is 19.2 Å². The number of rotatable bonds is 8. The van der Waals surface area contributed by atoms with Crippen molar-refractivity contribution in [1.82, 2.24) is 10.6 Å². The normalized spacial score (nSPS) is 15.2. The van der Waals surface area contributed by atoms with Crippen molar-refractivity contribution in [2.24, 2.45) is 0 Å². The maximum Gasteiger partial charge on any atom is 0.321 e. The van der Waals surface area contributed by atoms with Crippen molar-refractivity contribution in [3.05, 3.63) is 0 Å². The molecule has 10 nitrogen and oxygen atoms in total. The van der Waals surface area contributed by atoms with Gasteiger partial charge in [0.25, 0.3) is 0 Å². The first-order chi connectivity index (χ1) is 9.23. The van der Waals surface area contributed by atoms with E-state index >= 15 is 0 Å². The van der Waals surface area contributed by atoms with Crippen molar-refractivity contribution in [3.63, 3.8) is 0 Å². The number of carboxylic acid groups (broad SMARTS) is 4. The van der Waals surface area contributed by atoms with Gasteiger partial charge in [-0.15, -0.1) is 0 Å². The third kappa shape index (κ3) is 9.79. The summed E-state index contributed by atoms with van der Waals surface area (Å²) in [7, 11) is 0. The van der Waals surface area contributed by atoms with Crippen LogP contribution >= 0.6 is 0 Å². The maximum absolute atomic E-state index is 10.6. The Morgan fingerprint density at radius 3 is 1.30 bits per heavy atom. The molecule has 0 spiro atoms. The fourth-order valence-corrected chi connectivity index (χ4v) is 1.03. The third-order valence-electron chi connectivity index (χ3n) is 2.01. The summed E-state index contributed by atoms with van der Waals surface area (Å²) in [6.45, 7) is 2.50. The zero-order chi connectivity index (χ0) is 15.7. The summed E-state index contributed by atoms with van der Waals surface area (Å²) >= 11 is 0. The molecule has 0 saturated carbocycles. The SMILES string of the molecule is C1CN1.O=C(O)CC(NC(CC(=O)O)C(=O)O)C(=O)O. The molecule has 2 unspecified atom stereocenters. The summed E-state index contributed by atoms with van der Waals surface area (Å²) < 4.78 is 0. The van der Waals surface area contributed by atoms with E-state index in [0.717, 1.165) is 0 Å². The van der Waals surface area contributed by atoms with E-state index in [-0.39, 0.29) is 0 Å². The number of aliphatic carboxylic acids is 4. The van der Waals surface area contributed by atoms with Crippen LogP contribution in [0.3, 0.4) is 0 Å². The quantitative estimate of drug-likeness (QED) is 0.274. The summed E-state index contributed by atoms with van der Waals surface area (Å²) in [6.07, 6.45) is -1.70. The van der Waals surface area contributed by atoms with Gasteiger partial charge in [-0.25, -0.2) is 0 Å². The van der Waals surface area contributed by atoms with Gasteiger partial charge in [0.1, 0.15) is 12.1 Å². The summed E-state index contributed by atoms with van der Waals surface area (Å²) in [5.41, 5.74) is 0. The summed E-state index contributed by atoms with van der Waals surface area (Å²) in [5.74, 6) is -6.01. The molecule has 0 aromatic carbocycles. The molecule has 2 atom stereocenters. The van der Waals surface area contributed by atoms with Crippen molar-refractivity contribution >= 4 is 23.9 Å². The van der Waals surface area contributed by atoms with Crippen LogP contribution in [0, 0.1) is 0 Å². The van der Waals surface area contributed by atoms with Gasteiger partial charge in [0.15, 0.2) is 0 Å². The van der Waals surface area contributed by atoms with Crippen molar-refractivity contribution in [2.45, 2.75) is 24.9 Å². The molecule has 6 N–H and O–H groups in total. The van der Waals surface area contributed by atoms with Crippen LogP contribution in [0.5, 0.6) is 0 Å². The molecule has 10 heteroatoms. The zero-order valence-electron chi connectivity index (χ0n) is 10.4. The molecular weight excluding hydrogens is 276 g/mol. The number of carboxylic acids is 4. The minimum atomic E-state index is -1.66. The fraction of sp³-hybridized carbons (Fsp3) is 0.600. The number of hydrogen-bond acceptors (Lipinski definition) is 6. The fourth-order valence-electron chi connectivity index (χ4n) is 1.03. The first-order valence-electron chi connectivity index (χ1n) is 5.60. The second kappa shape index (κ2) is 8.82. The molecule has 20 heavy (non-hydrogen) atoms. The number of nitrogens with one attached hydrogen (secondary N) is 2. The molecule has 0 radical (unpaired) electrons. The van der Waals surface area contributed by atoms with Gasteiger partial charge < -0.3 is 25.7 Å². The molecule has 0 aromatic rings. The minimum absolute atomic E-state index is 0.848. The van der Waals surface area contributed by atoms with Crippen LogP contribution in [0.1, 0.15) is 12.8 Å². The Labute approximate surface area is 113 Å². The lowest BCUT2D eigenvalue weighted by Crippen LogP contribution is -2.48. The molecule has 1 aliphatic rings. The highest BCUT2D eigenvalue weighted by Crippen LogP contribution is 2.00. The van der Waals surface area contributed by atoms with Gasteiger partial charge in [-0.2, -0.15) is 0 Å². The predicted octanol–water partition coefficient (Wildman–Crippen LogP) is -1.98. The van der Waals surface area contributed by atoms with E-state index in [4.69, 9.17) is 20.4 Å². The molecule has 0 bridgehead atoms. The monoisotopic (exact) mass is 292 g/mol. The van der Waals surface area contributed by atoms with Gasteiger partial charge in [0.05, 0.1) is 12.8 Å². The predicted molar refractivity (Wildman–Crippen MR) is 63.4 cm³/mol. The van der Waals surface area contributed by atoms with Crippen LogP contribution in [0.4, 0.5) is 0 Å². The van der Waals surface area contributed by atoms with Crippen LogP contribution in [0.15, 0.2) is 0 Å². The average Bonchev–Trinajstić information content (AvgIpc) is 3.12. The lowest BCUT2D eigenvalue weighted by Gasteiger charge is -2.17. The Balaban J connectivity index is 0.00000105. The minimum Gasteiger partial charge on any atom is -0.481 e. The van der Waals surface area contributed by atoms with E-state index in [1.807, 2.05) is 5.32 Å². The molecule has 114 valence electrons. The molecule has 0 aromatic heterocycles. The highest BCUT2D eigenvalue weighted by atomic mass is 16.4. The Hall–Kier alpha value is -2.20. The molecule has 1 heterocycles. The molecular formula is C10H16N2O8. The third-order valence-corrected chi connectivity index (χ3v) is 2.01. The maximum atomic E-state index is 10.6. The van der Waals surface area contributed by atoms with Crippen molar-refractivity contribution in [2.75, 3.05) is 13.1 Å². The first kappa shape index (κ1) is 17.8. The molecule has 1 rings (SSSR count). The van der Waals surface area contributed by atoms with E-state index in [1.165, 1.54) is 13.1 Å². The lowest BCUT2D eigenvalue weighted by atomic mass is 10.1. The Kier molecular flexibility index (Phi) is 7.85. The van der Waals surface area contributed by atoms with Gasteiger partial charge >= 0.3 is 23.9 Å². The standard InChI is InChI=1S/C8H11NO8.C2H5N/c10-5(11)1-3(7(14)15)9-4(8(16)17)2-6(12)13;1-2-3-1/h3-4,9H,1-2H2,(H,10,11)(H,12,13)(H,14,15)(H,16,17);3H,1-2H2. The van der Waals surface area contributed by atoms with Crippen LogP contribution < -0.4 is 10.6 Å². The van der Waals surface area contributed by atoms with Gasteiger partial charge in [-0.1, -0.05) is 0 Å². The van der Waals surface area contributed by atoms with Crippen molar-refractivity contribution in [3.8, 4) is 0 Å². The van der Waals surface area contributed by atoms with E-state index < -0.39 is 48.8 Å². The van der Waals surface area contributed by atoms with E-state index in [2.05, 4.69) is 5.32 Å². The van der Waals surface area contributed by atoms with Crippen LogP contribution in [0.25, 0.3) is 0 Å². The van der Waals surface area contributed by atoms with E-state index in [9.17, 15) is 19.2 Å². The summed E-state index contributed by atoms with van der Waals surface area (Å²) in [5, 5.41) is 39.0. The number of carbonyl (C=O) groups is 4. The van der Waals surface area contributed by atoms with E-state index in [0.29, 0.717) is 0 Å². The van der Waals surface area contributed by atoms with Gasteiger partial charge in [-0.05, 0) is 0 Å². The molecule has 1 fully saturated rings.